The van der Waals surface area contributed by atoms with Crippen molar-refractivity contribution in [3.63, 3.8) is 0 Å². The molecule has 0 unspecified atom stereocenters. The van der Waals surface area contributed by atoms with Crippen LogP contribution < -0.4 is 0 Å². The number of aryl methyl sites for hydroxylation is 1. The lowest BCUT2D eigenvalue weighted by molar-refractivity contribution is 0.0136. The van der Waals surface area contributed by atoms with E-state index in [-0.39, 0.29) is 17.4 Å². The standard InChI is InChI=1S/C16H26N4O2/c1-12-17-6-5-13(18-12)15(22)20-9-7-19(8-10-20)11-14(21)16(2,3)4/h5-6,14,21H,7-11H2,1-4H3/t14-/m1/s1. The number of nitrogens with zero attached hydrogens (tertiary/aromatic N) is 4. The van der Waals surface area contributed by atoms with Crippen LogP contribution in [0.1, 0.15) is 37.1 Å². The summed E-state index contributed by atoms with van der Waals surface area (Å²) in [6, 6.07) is 1.66. The number of piperazine rings is 1. The summed E-state index contributed by atoms with van der Waals surface area (Å²) in [6.07, 6.45) is 1.25. The molecule has 1 atom stereocenters. The average molecular weight is 306 g/mol. The maximum absolute atomic E-state index is 12.4. The number of β-amino-alcohol motifs (C(OH)–C–C–N with tert-alkyl or cyclic N) is 1. The largest absolute Gasteiger partial charge is 0.391 e. The quantitative estimate of drug-likeness (QED) is 0.900. The van der Waals surface area contributed by atoms with E-state index in [1.165, 1.54) is 0 Å². The van der Waals surface area contributed by atoms with Crippen molar-refractivity contribution in [2.75, 3.05) is 32.7 Å². The molecule has 1 aliphatic rings. The Morgan fingerprint density at radius 1 is 1.32 bits per heavy atom. The van der Waals surface area contributed by atoms with E-state index in [1.54, 1.807) is 19.2 Å². The lowest BCUT2D eigenvalue weighted by atomic mass is 9.89. The summed E-state index contributed by atoms with van der Waals surface area (Å²) in [5, 5.41) is 10.2. The number of aliphatic hydroxyl groups is 1. The predicted molar refractivity (Wildman–Crippen MR) is 84.6 cm³/mol. The first kappa shape index (κ1) is 16.8. The van der Waals surface area contributed by atoms with Crippen molar-refractivity contribution in [1.29, 1.82) is 0 Å². The van der Waals surface area contributed by atoms with Crippen molar-refractivity contribution in [3.05, 3.63) is 23.8 Å². The highest BCUT2D eigenvalue weighted by Crippen LogP contribution is 2.20. The second kappa shape index (κ2) is 6.71. The van der Waals surface area contributed by atoms with Gasteiger partial charge in [0.05, 0.1) is 6.10 Å². The molecule has 22 heavy (non-hydrogen) atoms. The van der Waals surface area contributed by atoms with Crippen LogP contribution in [0.4, 0.5) is 0 Å². The molecule has 0 radical (unpaired) electrons. The zero-order valence-corrected chi connectivity index (χ0v) is 13.9. The molecule has 1 fully saturated rings. The van der Waals surface area contributed by atoms with E-state index in [0.717, 1.165) is 13.1 Å². The Labute approximate surface area is 132 Å². The van der Waals surface area contributed by atoms with Crippen molar-refractivity contribution < 1.29 is 9.90 Å². The minimum atomic E-state index is -0.362. The number of amides is 1. The van der Waals surface area contributed by atoms with E-state index in [4.69, 9.17) is 0 Å². The van der Waals surface area contributed by atoms with E-state index in [2.05, 4.69) is 14.9 Å². The van der Waals surface area contributed by atoms with Crippen LogP contribution in [0.3, 0.4) is 0 Å². The molecular weight excluding hydrogens is 280 g/mol. The topological polar surface area (TPSA) is 69.6 Å². The number of hydrogen-bond acceptors (Lipinski definition) is 5. The molecule has 1 N–H and O–H groups in total. The molecule has 0 bridgehead atoms. The summed E-state index contributed by atoms with van der Waals surface area (Å²) >= 11 is 0. The van der Waals surface area contributed by atoms with Gasteiger partial charge in [0.15, 0.2) is 0 Å². The SMILES string of the molecule is Cc1nccc(C(=O)N2CCN(C[C@@H](O)C(C)(C)C)CC2)n1. The van der Waals surface area contributed by atoms with Gasteiger partial charge in [-0.05, 0) is 18.4 Å². The summed E-state index contributed by atoms with van der Waals surface area (Å²) in [6.45, 7) is 11.4. The fourth-order valence-electron chi connectivity index (χ4n) is 2.39. The van der Waals surface area contributed by atoms with Crippen LogP contribution in [0, 0.1) is 12.3 Å². The lowest BCUT2D eigenvalue weighted by Gasteiger charge is -2.37. The smallest absolute Gasteiger partial charge is 0.272 e. The third-order valence-corrected chi connectivity index (χ3v) is 4.09. The van der Waals surface area contributed by atoms with Gasteiger partial charge in [-0.2, -0.15) is 0 Å². The van der Waals surface area contributed by atoms with E-state index in [0.29, 0.717) is 31.2 Å². The van der Waals surface area contributed by atoms with Gasteiger partial charge in [-0.25, -0.2) is 9.97 Å². The average Bonchev–Trinajstić information content (AvgIpc) is 2.46. The Kier molecular flexibility index (Phi) is 5.13. The highest BCUT2D eigenvalue weighted by molar-refractivity contribution is 5.92. The summed E-state index contributed by atoms with van der Waals surface area (Å²) in [7, 11) is 0. The van der Waals surface area contributed by atoms with E-state index in [1.807, 2.05) is 25.7 Å². The molecule has 1 aromatic rings. The van der Waals surface area contributed by atoms with Crippen molar-refractivity contribution in [2.24, 2.45) is 5.41 Å². The number of carbonyl (C=O) groups is 1. The van der Waals surface area contributed by atoms with Gasteiger partial charge >= 0.3 is 0 Å². The summed E-state index contributed by atoms with van der Waals surface area (Å²) in [5.41, 5.74) is 0.335. The molecule has 0 spiro atoms. The molecule has 2 rings (SSSR count). The Hall–Kier alpha value is -1.53. The van der Waals surface area contributed by atoms with Crippen molar-refractivity contribution >= 4 is 5.91 Å². The number of aromatic nitrogens is 2. The number of hydrogen-bond donors (Lipinski definition) is 1. The molecule has 2 heterocycles. The van der Waals surface area contributed by atoms with Crippen LogP contribution in [-0.4, -0.2) is 69.6 Å². The Morgan fingerprint density at radius 2 is 1.95 bits per heavy atom. The molecule has 1 aromatic heterocycles. The van der Waals surface area contributed by atoms with Gasteiger partial charge in [-0.3, -0.25) is 9.69 Å². The van der Waals surface area contributed by atoms with Gasteiger partial charge in [-0.1, -0.05) is 20.8 Å². The molecule has 0 aromatic carbocycles. The second-order valence-electron chi connectivity index (χ2n) is 6.96. The van der Waals surface area contributed by atoms with Crippen molar-refractivity contribution in [1.82, 2.24) is 19.8 Å². The van der Waals surface area contributed by atoms with Gasteiger partial charge < -0.3 is 10.0 Å². The Bertz CT molecular complexity index is 519. The summed E-state index contributed by atoms with van der Waals surface area (Å²) in [5.74, 6) is 0.569. The van der Waals surface area contributed by atoms with Crippen LogP contribution in [0.25, 0.3) is 0 Å². The Morgan fingerprint density at radius 3 is 2.50 bits per heavy atom. The highest BCUT2D eigenvalue weighted by atomic mass is 16.3. The van der Waals surface area contributed by atoms with E-state index < -0.39 is 0 Å². The molecule has 6 nitrogen and oxygen atoms in total. The molecular formula is C16H26N4O2. The predicted octanol–water partition coefficient (Wildman–Crippen LogP) is 0.950. The fraction of sp³-hybridized carbons (Fsp3) is 0.688. The maximum atomic E-state index is 12.4. The van der Waals surface area contributed by atoms with E-state index in [9.17, 15) is 9.90 Å². The van der Waals surface area contributed by atoms with Gasteiger partial charge in [0.2, 0.25) is 0 Å². The minimum absolute atomic E-state index is 0.0403. The van der Waals surface area contributed by atoms with Crippen LogP contribution in [0.2, 0.25) is 0 Å². The van der Waals surface area contributed by atoms with Gasteiger partial charge in [-0.15, -0.1) is 0 Å². The molecule has 122 valence electrons. The third kappa shape index (κ3) is 4.24. The first-order valence-corrected chi connectivity index (χ1v) is 7.77. The third-order valence-electron chi connectivity index (χ3n) is 4.09. The molecule has 1 aliphatic heterocycles. The fourth-order valence-corrected chi connectivity index (χ4v) is 2.39. The minimum Gasteiger partial charge on any atom is -0.391 e. The van der Waals surface area contributed by atoms with Gasteiger partial charge in [0.1, 0.15) is 11.5 Å². The van der Waals surface area contributed by atoms with Crippen LogP contribution in [0.5, 0.6) is 0 Å². The molecule has 0 saturated carbocycles. The molecule has 0 aliphatic carbocycles. The maximum Gasteiger partial charge on any atom is 0.272 e. The molecule has 1 amide bonds. The summed E-state index contributed by atoms with van der Waals surface area (Å²) < 4.78 is 0. The van der Waals surface area contributed by atoms with Gasteiger partial charge in [0.25, 0.3) is 5.91 Å². The van der Waals surface area contributed by atoms with Crippen LogP contribution >= 0.6 is 0 Å². The second-order valence-corrected chi connectivity index (χ2v) is 6.96. The monoisotopic (exact) mass is 306 g/mol. The Balaban J connectivity index is 1.88. The van der Waals surface area contributed by atoms with Crippen molar-refractivity contribution in [2.45, 2.75) is 33.8 Å². The van der Waals surface area contributed by atoms with Crippen molar-refractivity contribution in [3.8, 4) is 0 Å². The first-order chi connectivity index (χ1) is 10.3. The van der Waals surface area contributed by atoms with E-state index >= 15 is 0 Å². The zero-order chi connectivity index (χ0) is 16.3. The number of rotatable bonds is 3. The summed E-state index contributed by atoms with van der Waals surface area (Å²) in [4.78, 5) is 24.7. The zero-order valence-electron chi connectivity index (χ0n) is 13.9. The first-order valence-electron chi connectivity index (χ1n) is 7.77. The lowest BCUT2D eigenvalue weighted by Crippen LogP contribution is -2.51. The van der Waals surface area contributed by atoms with Crippen LogP contribution in [0.15, 0.2) is 12.3 Å². The molecule has 1 saturated heterocycles. The highest BCUT2D eigenvalue weighted by Gasteiger charge is 2.28. The normalized spacial score (nSPS) is 18.3. The molecule has 6 heteroatoms. The van der Waals surface area contributed by atoms with Crippen LogP contribution in [-0.2, 0) is 0 Å². The number of aliphatic hydroxyl groups excluding tert-OH is 1. The van der Waals surface area contributed by atoms with Gasteiger partial charge in [0, 0.05) is 38.9 Å². The number of carbonyl (C=O) groups excluding carboxylic acids is 1.